The zero-order valence-corrected chi connectivity index (χ0v) is 15.8. The predicted molar refractivity (Wildman–Crippen MR) is 101 cm³/mol. The number of benzene rings is 2. The van der Waals surface area contributed by atoms with E-state index in [2.05, 4.69) is 15.9 Å². The van der Waals surface area contributed by atoms with Gasteiger partial charge >= 0.3 is 6.03 Å². The first kappa shape index (κ1) is 18.7. The number of methoxy groups -OCH3 is 1. The second kappa shape index (κ2) is 8.05. The molecule has 1 aliphatic heterocycles. The second-order valence-electron chi connectivity index (χ2n) is 5.62. The molecule has 1 aliphatic rings. The van der Waals surface area contributed by atoms with Crippen molar-refractivity contribution in [1.82, 2.24) is 10.6 Å². The molecule has 0 atom stereocenters. The third-order valence-corrected chi connectivity index (χ3v) is 4.28. The number of carbonyl (C=O) groups is 3. The number of urea groups is 1. The highest BCUT2D eigenvalue weighted by atomic mass is 79.9. The molecular weight excluding hydrogens is 416 g/mol. The molecule has 7 nitrogen and oxygen atoms in total. The van der Waals surface area contributed by atoms with E-state index in [-0.39, 0.29) is 5.57 Å². The third-order valence-electron chi connectivity index (χ3n) is 3.75. The van der Waals surface area contributed by atoms with E-state index in [0.717, 1.165) is 10.0 Å². The summed E-state index contributed by atoms with van der Waals surface area (Å²) in [5.41, 5.74) is 1.35. The Bertz CT molecular complexity index is 916. The van der Waals surface area contributed by atoms with Gasteiger partial charge in [-0.3, -0.25) is 20.2 Å². The van der Waals surface area contributed by atoms with E-state index < -0.39 is 17.8 Å². The standard InChI is InChI=1S/C19H15BrN2O5/c1-26-15-7-4-12(8-14-17(23)21-19(25)22-18(14)24)9-16(15)27-10-11-2-5-13(20)6-3-11/h2-9H,10H2,1H3,(H2,21,22,23,24,25). The van der Waals surface area contributed by atoms with E-state index in [9.17, 15) is 14.4 Å². The Kier molecular flexibility index (Phi) is 5.56. The molecule has 0 aromatic heterocycles. The Hall–Kier alpha value is -3.13. The number of barbiturate groups is 1. The largest absolute Gasteiger partial charge is 0.493 e. The summed E-state index contributed by atoms with van der Waals surface area (Å²) in [5, 5.41) is 4.06. The highest BCUT2D eigenvalue weighted by Crippen LogP contribution is 2.30. The molecule has 0 saturated carbocycles. The van der Waals surface area contributed by atoms with E-state index in [4.69, 9.17) is 9.47 Å². The minimum atomic E-state index is -0.838. The smallest absolute Gasteiger partial charge is 0.328 e. The van der Waals surface area contributed by atoms with E-state index in [1.54, 1.807) is 18.2 Å². The maximum Gasteiger partial charge on any atom is 0.328 e. The van der Waals surface area contributed by atoms with Crippen LogP contribution in [0.5, 0.6) is 11.5 Å². The van der Waals surface area contributed by atoms with Gasteiger partial charge in [-0.15, -0.1) is 0 Å². The first-order chi connectivity index (χ1) is 13.0. The summed E-state index contributed by atoms with van der Waals surface area (Å²) < 4.78 is 12.1. The maximum absolute atomic E-state index is 11.8. The number of carbonyl (C=O) groups excluding carboxylic acids is 3. The molecule has 0 spiro atoms. The van der Waals surface area contributed by atoms with Crippen molar-refractivity contribution in [3.05, 3.63) is 63.6 Å². The van der Waals surface area contributed by atoms with Crippen LogP contribution in [-0.2, 0) is 16.2 Å². The van der Waals surface area contributed by atoms with Crippen LogP contribution in [0.2, 0.25) is 0 Å². The Balaban J connectivity index is 1.83. The van der Waals surface area contributed by atoms with Gasteiger partial charge < -0.3 is 9.47 Å². The van der Waals surface area contributed by atoms with Crippen LogP contribution in [0.15, 0.2) is 52.5 Å². The van der Waals surface area contributed by atoms with Gasteiger partial charge in [0.25, 0.3) is 11.8 Å². The van der Waals surface area contributed by atoms with Crippen molar-refractivity contribution in [2.45, 2.75) is 6.61 Å². The maximum atomic E-state index is 11.8. The number of imide groups is 2. The molecule has 1 fully saturated rings. The zero-order chi connectivity index (χ0) is 19.4. The summed E-state index contributed by atoms with van der Waals surface area (Å²) in [6, 6.07) is 11.8. The van der Waals surface area contributed by atoms with Gasteiger partial charge in [0.2, 0.25) is 0 Å². The molecule has 0 bridgehead atoms. The summed E-state index contributed by atoms with van der Waals surface area (Å²) >= 11 is 3.38. The number of ether oxygens (including phenoxy) is 2. The lowest BCUT2D eigenvalue weighted by Crippen LogP contribution is -2.51. The molecule has 4 amide bonds. The van der Waals surface area contributed by atoms with Gasteiger partial charge in [0, 0.05) is 4.47 Å². The number of halogens is 1. The number of amides is 4. The van der Waals surface area contributed by atoms with Crippen LogP contribution in [-0.4, -0.2) is 25.0 Å². The van der Waals surface area contributed by atoms with Crippen LogP contribution in [0, 0.1) is 0 Å². The van der Waals surface area contributed by atoms with Crippen molar-refractivity contribution in [1.29, 1.82) is 0 Å². The quantitative estimate of drug-likeness (QED) is 0.561. The van der Waals surface area contributed by atoms with Crippen LogP contribution in [0.4, 0.5) is 4.79 Å². The van der Waals surface area contributed by atoms with Gasteiger partial charge in [-0.2, -0.15) is 0 Å². The molecule has 0 unspecified atom stereocenters. The lowest BCUT2D eigenvalue weighted by Gasteiger charge is -2.15. The molecule has 8 heteroatoms. The van der Waals surface area contributed by atoms with Crippen molar-refractivity contribution in [3.63, 3.8) is 0 Å². The minimum absolute atomic E-state index is 0.168. The SMILES string of the molecule is COc1ccc(C=C2C(=O)NC(=O)NC2=O)cc1OCc1ccc(Br)cc1. The van der Waals surface area contributed by atoms with Crippen molar-refractivity contribution >= 4 is 39.9 Å². The van der Waals surface area contributed by atoms with Crippen LogP contribution >= 0.6 is 15.9 Å². The van der Waals surface area contributed by atoms with Gasteiger partial charge in [0.15, 0.2) is 11.5 Å². The van der Waals surface area contributed by atoms with Crippen molar-refractivity contribution < 1.29 is 23.9 Å². The van der Waals surface area contributed by atoms with E-state index in [0.29, 0.717) is 23.7 Å². The monoisotopic (exact) mass is 430 g/mol. The van der Waals surface area contributed by atoms with Gasteiger partial charge in [-0.05, 0) is 41.5 Å². The average molecular weight is 431 g/mol. The molecule has 2 aromatic rings. The van der Waals surface area contributed by atoms with Crippen LogP contribution in [0.25, 0.3) is 6.08 Å². The number of rotatable bonds is 5. The van der Waals surface area contributed by atoms with E-state index in [1.165, 1.54) is 13.2 Å². The van der Waals surface area contributed by atoms with Crippen LogP contribution < -0.4 is 20.1 Å². The van der Waals surface area contributed by atoms with Crippen molar-refractivity contribution in [3.8, 4) is 11.5 Å². The molecule has 2 N–H and O–H groups in total. The van der Waals surface area contributed by atoms with E-state index in [1.807, 2.05) is 34.9 Å². The molecule has 0 aliphatic carbocycles. The van der Waals surface area contributed by atoms with Crippen molar-refractivity contribution in [2.75, 3.05) is 7.11 Å². The molecule has 1 saturated heterocycles. The van der Waals surface area contributed by atoms with E-state index >= 15 is 0 Å². The zero-order valence-electron chi connectivity index (χ0n) is 14.2. The Morgan fingerprint density at radius 1 is 0.963 bits per heavy atom. The summed E-state index contributed by atoms with van der Waals surface area (Å²) in [7, 11) is 1.52. The highest BCUT2D eigenvalue weighted by Gasteiger charge is 2.27. The van der Waals surface area contributed by atoms with Gasteiger partial charge in [0.1, 0.15) is 12.2 Å². The fourth-order valence-electron chi connectivity index (χ4n) is 2.41. The highest BCUT2D eigenvalue weighted by molar-refractivity contribution is 9.10. The molecule has 1 heterocycles. The normalized spacial score (nSPS) is 13.7. The van der Waals surface area contributed by atoms with Gasteiger partial charge in [0.05, 0.1) is 7.11 Å². The predicted octanol–water partition coefficient (Wildman–Crippen LogP) is 2.79. The first-order valence-electron chi connectivity index (χ1n) is 7.90. The lowest BCUT2D eigenvalue weighted by atomic mass is 10.1. The van der Waals surface area contributed by atoms with Crippen LogP contribution in [0.1, 0.15) is 11.1 Å². The summed E-state index contributed by atoms with van der Waals surface area (Å²) in [5.74, 6) is -0.529. The number of hydrogen-bond acceptors (Lipinski definition) is 5. The number of nitrogens with one attached hydrogen (secondary N) is 2. The minimum Gasteiger partial charge on any atom is -0.493 e. The second-order valence-corrected chi connectivity index (χ2v) is 6.54. The fraction of sp³-hybridized carbons (Fsp3) is 0.105. The third kappa shape index (κ3) is 4.53. The first-order valence-corrected chi connectivity index (χ1v) is 8.69. The molecule has 2 aromatic carbocycles. The summed E-state index contributed by atoms with van der Waals surface area (Å²) in [4.78, 5) is 34.8. The van der Waals surface area contributed by atoms with Crippen molar-refractivity contribution in [2.24, 2.45) is 0 Å². The molecule has 138 valence electrons. The van der Waals surface area contributed by atoms with Gasteiger partial charge in [-0.1, -0.05) is 34.1 Å². The Morgan fingerprint density at radius 2 is 1.63 bits per heavy atom. The Labute approximate surface area is 163 Å². The topological polar surface area (TPSA) is 93.7 Å². The number of hydrogen-bond donors (Lipinski definition) is 2. The summed E-state index contributed by atoms with van der Waals surface area (Å²) in [6.45, 7) is 0.319. The molecular formula is C19H15BrN2O5. The fourth-order valence-corrected chi connectivity index (χ4v) is 2.67. The summed E-state index contributed by atoms with van der Waals surface area (Å²) in [6.07, 6.45) is 1.38. The Morgan fingerprint density at radius 3 is 2.26 bits per heavy atom. The lowest BCUT2D eigenvalue weighted by molar-refractivity contribution is -0.123. The van der Waals surface area contributed by atoms with Gasteiger partial charge in [-0.25, -0.2) is 4.79 Å². The molecule has 0 radical (unpaired) electrons. The molecule has 27 heavy (non-hydrogen) atoms. The molecule has 3 rings (SSSR count). The average Bonchev–Trinajstić information content (AvgIpc) is 2.64. The van der Waals surface area contributed by atoms with Crippen LogP contribution in [0.3, 0.4) is 0 Å².